The van der Waals surface area contributed by atoms with E-state index in [1.54, 1.807) is 0 Å². The topological polar surface area (TPSA) is 65.2 Å². The molecular formula is C26H24N2O2. The highest BCUT2D eigenvalue weighted by molar-refractivity contribution is 6.07. The van der Waals surface area contributed by atoms with E-state index in [1.165, 1.54) is 0 Å². The molecule has 0 aliphatic carbocycles. The maximum atomic E-state index is 10.6. The van der Waals surface area contributed by atoms with Gasteiger partial charge in [0.2, 0.25) is 0 Å². The zero-order valence-electron chi connectivity index (χ0n) is 17.1. The van der Waals surface area contributed by atoms with Crippen molar-refractivity contribution in [3.63, 3.8) is 0 Å². The SMILES string of the molecule is CC(=NCCN=C(C)c1ccc2ccccc2c1O)c1ccc2ccccc2c1O. The summed E-state index contributed by atoms with van der Waals surface area (Å²) in [6.07, 6.45) is 0. The van der Waals surface area contributed by atoms with Crippen LogP contribution in [0.4, 0.5) is 0 Å². The molecule has 0 atom stereocenters. The molecule has 0 saturated carbocycles. The van der Waals surface area contributed by atoms with Crippen LogP contribution in [0, 0.1) is 0 Å². The molecule has 0 spiro atoms. The van der Waals surface area contributed by atoms with E-state index >= 15 is 0 Å². The van der Waals surface area contributed by atoms with Crippen molar-refractivity contribution >= 4 is 33.0 Å². The third-order valence-electron chi connectivity index (χ3n) is 5.38. The number of phenols is 2. The van der Waals surface area contributed by atoms with Gasteiger partial charge in [-0.3, -0.25) is 9.98 Å². The van der Waals surface area contributed by atoms with Gasteiger partial charge < -0.3 is 10.2 Å². The van der Waals surface area contributed by atoms with Crippen LogP contribution in [0.2, 0.25) is 0 Å². The second kappa shape index (κ2) is 8.37. The predicted octanol–water partition coefficient (Wildman–Crippen LogP) is 5.72. The Balaban J connectivity index is 1.50. The molecule has 0 fully saturated rings. The van der Waals surface area contributed by atoms with Crippen molar-refractivity contribution in [3.8, 4) is 11.5 Å². The first-order chi connectivity index (χ1) is 14.6. The minimum atomic E-state index is 0.259. The highest BCUT2D eigenvalue weighted by Gasteiger charge is 2.09. The molecule has 4 nitrogen and oxygen atoms in total. The third-order valence-corrected chi connectivity index (χ3v) is 5.38. The van der Waals surface area contributed by atoms with E-state index in [1.807, 2.05) is 86.6 Å². The third kappa shape index (κ3) is 3.77. The van der Waals surface area contributed by atoms with Crippen LogP contribution >= 0.6 is 0 Å². The minimum Gasteiger partial charge on any atom is -0.507 e. The van der Waals surface area contributed by atoms with Crippen molar-refractivity contribution in [1.82, 2.24) is 0 Å². The Bertz CT molecular complexity index is 1190. The fourth-order valence-electron chi connectivity index (χ4n) is 3.70. The fraction of sp³-hybridized carbons (Fsp3) is 0.154. The van der Waals surface area contributed by atoms with Crippen molar-refractivity contribution in [3.05, 3.63) is 83.9 Å². The summed E-state index contributed by atoms with van der Waals surface area (Å²) in [4.78, 5) is 9.17. The average Bonchev–Trinajstić information content (AvgIpc) is 2.77. The molecule has 2 N–H and O–H groups in total. The lowest BCUT2D eigenvalue weighted by Crippen LogP contribution is -2.02. The summed E-state index contributed by atoms with van der Waals surface area (Å²) in [6, 6.07) is 23.3. The van der Waals surface area contributed by atoms with Crippen LogP contribution < -0.4 is 0 Å². The molecule has 0 aliphatic heterocycles. The molecule has 4 aromatic carbocycles. The Morgan fingerprint density at radius 2 is 1.00 bits per heavy atom. The minimum absolute atomic E-state index is 0.259. The van der Waals surface area contributed by atoms with Gasteiger partial charge in [0.25, 0.3) is 0 Å². The van der Waals surface area contributed by atoms with Gasteiger partial charge >= 0.3 is 0 Å². The number of benzene rings is 4. The molecule has 0 unspecified atom stereocenters. The van der Waals surface area contributed by atoms with E-state index in [0.29, 0.717) is 13.1 Å². The summed E-state index contributed by atoms with van der Waals surface area (Å²) in [6.45, 7) is 4.80. The first-order valence-corrected chi connectivity index (χ1v) is 10.0. The molecule has 0 saturated heterocycles. The zero-order chi connectivity index (χ0) is 21.1. The Morgan fingerprint density at radius 1 is 0.600 bits per heavy atom. The van der Waals surface area contributed by atoms with Gasteiger partial charge in [0.05, 0.1) is 13.1 Å². The van der Waals surface area contributed by atoms with E-state index in [-0.39, 0.29) is 11.5 Å². The molecule has 4 aromatic rings. The van der Waals surface area contributed by atoms with Crippen LogP contribution in [-0.4, -0.2) is 34.7 Å². The summed E-state index contributed by atoms with van der Waals surface area (Å²) in [5.41, 5.74) is 3.03. The Labute approximate surface area is 175 Å². The van der Waals surface area contributed by atoms with Crippen molar-refractivity contribution in [2.45, 2.75) is 13.8 Å². The van der Waals surface area contributed by atoms with Crippen molar-refractivity contribution in [2.24, 2.45) is 9.98 Å². The van der Waals surface area contributed by atoms with Crippen molar-refractivity contribution < 1.29 is 10.2 Å². The molecule has 0 radical (unpaired) electrons. The smallest absolute Gasteiger partial charge is 0.132 e. The van der Waals surface area contributed by atoms with Gasteiger partial charge in [-0.05, 0) is 36.8 Å². The van der Waals surface area contributed by atoms with E-state index in [2.05, 4.69) is 9.98 Å². The van der Waals surface area contributed by atoms with Gasteiger partial charge in [-0.1, -0.05) is 60.7 Å². The highest BCUT2D eigenvalue weighted by Crippen LogP contribution is 2.30. The molecule has 0 bridgehead atoms. The van der Waals surface area contributed by atoms with Crippen LogP contribution in [0.1, 0.15) is 25.0 Å². The van der Waals surface area contributed by atoms with E-state index < -0.39 is 0 Å². The van der Waals surface area contributed by atoms with Crippen LogP contribution in [0.15, 0.2) is 82.8 Å². The van der Waals surface area contributed by atoms with Crippen LogP contribution in [0.25, 0.3) is 21.5 Å². The molecule has 0 heterocycles. The van der Waals surface area contributed by atoms with Gasteiger partial charge in [0, 0.05) is 33.3 Å². The highest BCUT2D eigenvalue weighted by atomic mass is 16.3. The van der Waals surface area contributed by atoms with Crippen LogP contribution in [0.3, 0.4) is 0 Å². The summed E-state index contributed by atoms with van der Waals surface area (Å²) in [5, 5.41) is 24.8. The second-order valence-electron chi connectivity index (χ2n) is 7.30. The number of aromatic hydroxyl groups is 2. The van der Waals surface area contributed by atoms with E-state index in [0.717, 1.165) is 44.1 Å². The van der Waals surface area contributed by atoms with Crippen molar-refractivity contribution in [1.29, 1.82) is 0 Å². The number of hydrogen-bond donors (Lipinski definition) is 2. The number of rotatable bonds is 5. The molecule has 0 aromatic heterocycles. The van der Waals surface area contributed by atoms with Gasteiger partial charge in [0.1, 0.15) is 11.5 Å². The van der Waals surface area contributed by atoms with Crippen LogP contribution in [0.5, 0.6) is 11.5 Å². The first kappa shape index (κ1) is 19.6. The molecule has 30 heavy (non-hydrogen) atoms. The lowest BCUT2D eigenvalue weighted by Gasteiger charge is -2.09. The molecule has 4 rings (SSSR count). The maximum Gasteiger partial charge on any atom is 0.132 e. The van der Waals surface area contributed by atoms with Gasteiger partial charge in [-0.25, -0.2) is 0 Å². The standard InChI is InChI=1S/C26H24N2O2/c1-17(21-13-11-19-7-3-5-9-23(19)25(21)29)27-15-16-28-18(2)22-14-12-20-8-4-6-10-24(20)26(22)30/h3-14,29-30H,15-16H2,1-2H3. The Hall–Kier alpha value is -3.66. The molecule has 0 aliphatic rings. The molecule has 4 heteroatoms. The number of nitrogens with zero attached hydrogens (tertiary/aromatic N) is 2. The van der Waals surface area contributed by atoms with Crippen molar-refractivity contribution in [2.75, 3.05) is 13.1 Å². The summed E-state index contributed by atoms with van der Waals surface area (Å²) in [7, 11) is 0. The lowest BCUT2D eigenvalue weighted by molar-refractivity contribution is 0.480. The molecular weight excluding hydrogens is 372 g/mol. The second-order valence-corrected chi connectivity index (χ2v) is 7.30. The number of aliphatic imine (C=N–C) groups is 2. The summed E-state index contributed by atoms with van der Waals surface area (Å²) >= 11 is 0. The normalized spacial score (nSPS) is 12.6. The monoisotopic (exact) mass is 396 g/mol. The Morgan fingerprint density at radius 3 is 1.43 bits per heavy atom. The maximum absolute atomic E-state index is 10.6. The van der Waals surface area contributed by atoms with Gasteiger partial charge in [-0.2, -0.15) is 0 Å². The average molecular weight is 396 g/mol. The first-order valence-electron chi connectivity index (χ1n) is 10.0. The van der Waals surface area contributed by atoms with Gasteiger partial charge in [0.15, 0.2) is 0 Å². The number of hydrogen-bond acceptors (Lipinski definition) is 4. The fourth-order valence-corrected chi connectivity index (χ4v) is 3.70. The van der Waals surface area contributed by atoms with E-state index in [9.17, 15) is 10.2 Å². The quantitative estimate of drug-likeness (QED) is 0.335. The lowest BCUT2D eigenvalue weighted by atomic mass is 10.0. The number of fused-ring (bicyclic) bond motifs is 2. The van der Waals surface area contributed by atoms with Gasteiger partial charge in [-0.15, -0.1) is 0 Å². The van der Waals surface area contributed by atoms with E-state index in [4.69, 9.17) is 0 Å². The zero-order valence-corrected chi connectivity index (χ0v) is 17.1. The Kier molecular flexibility index (Phi) is 5.48. The predicted molar refractivity (Wildman–Crippen MR) is 125 cm³/mol. The summed E-state index contributed by atoms with van der Waals surface area (Å²) < 4.78 is 0. The van der Waals surface area contributed by atoms with Crippen LogP contribution in [-0.2, 0) is 0 Å². The number of phenolic OH excluding ortho intramolecular Hbond substituents is 2. The molecule has 150 valence electrons. The summed E-state index contributed by atoms with van der Waals surface area (Å²) in [5.74, 6) is 0.519. The largest absolute Gasteiger partial charge is 0.507 e. The molecule has 0 amide bonds.